The van der Waals surface area contributed by atoms with E-state index in [1.54, 1.807) is 18.2 Å². The Hall–Kier alpha value is -1.86. The van der Waals surface area contributed by atoms with Crippen LogP contribution in [0.2, 0.25) is 0 Å². The van der Waals surface area contributed by atoms with Gasteiger partial charge in [0.2, 0.25) is 0 Å². The molecule has 18 heavy (non-hydrogen) atoms. The molecule has 0 saturated carbocycles. The Balaban J connectivity index is 2.43. The van der Waals surface area contributed by atoms with Gasteiger partial charge in [0.1, 0.15) is 0 Å². The molecule has 0 bridgehead atoms. The second-order valence-electron chi connectivity index (χ2n) is 4.23. The van der Waals surface area contributed by atoms with Gasteiger partial charge in [0.05, 0.1) is 23.8 Å². The summed E-state index contributed by atoms with van der Waals surface area (Å²) in [6, 6.07) is 8.41. The molecule has 0 aliphatic carbocycles. The van der Waals surface area contributed by atoms with Crippen LogP contribution in [-0.2, 0) is 4.74 Å². The van der Waals surface area contributed by atoms with Crippen molar-refractivity contribution in [3.63, 3.8) is 0 Å². The van der Waals surface area contributed by atoms with E-state index >= 15 is 0 Å². The summed E-state index contributed by atoms with van der Waals surface area (Å²) in [7, 11) is 0. The van der Waals surface area contributed by atoms with E-state index in [1.807, 2.05) is 13.0 Å². The predicted octanol–water partition coefficient (Wildman–Crippen LogP) is 2.12. The number of carbonyl (C=O) groups excluding carboxylic acids is 1. The van der Waals surface area contributed by atoms with Gasteiger partial charge in [-0.05, 0) is 37.0 Å². The maximum Gasteiger partial charge on any atom is 0.338 e. The van der Waals surface area contributed by atoms with Crippen molar-refractivity contribution >= 4 is 5.97 Å². The number of ether oxygens (including phenoxy) is 1. The van der Waals surface area contributed by atoms with E-state index in [4.69, 9.17) is 15.1 Å². The van der Waals surface area contributed by atoms with Crippen LogP contribution < -0.4 is 0 Å². The highest BCUT2D eigenvalue weighted by atomic mass is 16.5. The topological polar surface area (TPSA) is 70.3 Å². The van der Waals surface area contributed by atoms with E-state index in [0.717, 1.165) is 6.42 Å². The SMILES string of the molecule is CC(CCO)CCOC(=O)c1cccc(C#N)c1. The lowest BCUT2D eigenvalue weighted by Gasteiger charge is -2.10. The number of benzene rings is 1. The molecule has 1 rings (SSSR count). The van der Waals surface area contributed by atoms with Crippen molar-refractivity contribution in [2.75, 3.05) is 13.2 Å². The maximum atomic E-state index is 11.7. The van der Waals surface area contributed by atoms with Gasteiger partial charge >= 0.3 is 5.97 Å². The number of hydrogen-bond acceptors (Lipinski definition) is 4. The van der Waals surface area contributed by atoms with Crippen molar-refractivity contribution in [3.05, 3.63) is 35.4 Å². The first kappa shape index (κ1) is 14.2. The molecule has 0 aliphatic rings. The van der Waals surface area contributed by atoms with Gasteiger partial charge in [0, 0.05) is 6.61 Å². The third-order valence-corrected chi connectivity index (χ3v) is 2.69. The Morgan fingerprint density at radius 2 is 2.28 bits per heavy atom. The number of aliphatic hydroxyl groups is 1. The summed E-state index contributed by atoms with van der Waals surface area (Å²) in [5.74, 6) is -0.0865. The molecule has 1 aromatic carbocycles. The molecule has 4 heteroatoms. The monoisotopic (exact) mass is 247 g/mol. The lowest BCUT2D eigenvalue weighted by Crippen LogP contribution is -2.09. The quantitative estimate of drug-likeness (QED) is 0.782. The normalized spacial score (nSPS) is 11.6. The summed E-state index contributed by atoms with van der Waals surface area (Å²) in [5, 5.41) is 17.5. The fraction of sp³-hybridized carbons (Fsp3) is 0.429. The maximum absolute atomic E-state index is 11.7. The second kappa shape index (κ2) is 7.46. The summed E-state index contributed by atoms with van der Waals surface area (Å²) in [4.78, 5) is 11.7. The van der Waals surface area contributed by atoms with Gasteiger partial charge in [-0.3, -0.25) is 0 Å². The van der Waals surface area contributed by atoms with Crippen molar-refractivity contribution in [1.29, 1.82) is 5.26 Å². The first-order chi connectivity index (χ1) is 8.67. The van der Waals surface area contributed by atoms with Gasteiger partial charge in [0.15, 0.2) is 0 Å². The predicted molar refractivity (Wildman–Crippen MR) is 66.9 cm³/mol. The zero-order valence-corrected chi connectivity index (χ0v) is 10.4. The average Bonchev–Trinajstić information content (AvgIpc) is 2.39. The third kappa shape index (κ3) is 4.56. The first-order valence-electron chi connectivity index (χ1n) is 5.95. The van der Waals surface area contributed by atoms with Crippen LogP contribution in [-0.4, -0.2) is 24.3 Å². The van der Waals surface area contributed by atoms with Gasteiger partial charge in [-0.1, -0.05) is 13.0 Å². The fourth-order valence-electron chi connectivity index (χ4n) is 1.52. The van der Waals surface area contributed by atoms with E-state index in [1.165, 1.54) is 6.07 Å². The van der Waals surface area contributed by atoms with Gasteiger partial charge in [0.25, 0.3) is 0 Å². The van der Waals surface area contributed by atoms with Crippen LogP contribution >= 0.6 is 0 Å². The fourth-order valence-corrected chi connectivity index (χ4v) is 1.52. The molecule has 0 heterocycles. The standard InChI is InChI=1S/C14H17NO3/c1-11(5-7-16)6-8-18-14(17)13-4-2-3-12(9-13)10-15/h2-4,9,11,16H,5-8H2,1H3. The van der Waals surface area contributed by atoms with E-state index in [-0.39, 0.29) is 6.61 Å². The highest BCUT2D eigenvalue weighted by Gasteiger charge is 2.08. The van der Waals surface area contributed by atoms with Crippen LogP contribution in [0.15, 0.2) is 24.3 Å². The number of hydrogen-bond donors (Lipinski definition) is 1. The Labute approximate surface area is 107 Å². The molecular formula is C14H17NO3. The minimum absolute atomic E-state index is 0.152. The highest BCUT2D eigenvalue weighted by molar-refractivity contribution is 5.89. The van der Waals surface area contributed by atoms with Crippen LogP contribution in [0, 0.1) is 17.2 Å². The van der Waals surface area contributed by atoms with Crippen molar-refractivity contribution in [2.24, 2.45) is 5.92 Å². The lowest BCUT2D eigenvalue weighted by atomic mass is 10.1. The number of esters is 1. The molecule has 1 unspecified atom stereocenters. The van der Waals surface area contributed by atoms with E-state index in [0.29, 0.717) is 30.1 Å². The van der Waals surface area contributed by atoms with Gasteiger partial charge < -0.3 is 9.84 Å². The van der Waals surface area contributed by atoms with Gasteiger partial charge in [-0.25, -0.2) is 4.79 Å². The van der Waals surface area contributed by atoms with Gasteiger partial charge in [-0.2, -0.15) is 5.26 Å². The largest absolute Gasteiger partial charge is 0.462 e. The molecule has 0 saturated heterocycles. The van der Waals surface area contributed by atoms with E-state index in [2.05, 4.69) is 0 Å². The van der Waals surface area contributed by atoms with Crippen LogP contribution in [0.3, 0.4) is 0 Å². The molecule has 1 aromatic rings. The first-order valence-corrected chi connectivity index (χ1v) is 5.95. The molecule has 0 aliphatic heterocycles. The van der Waals surface area contributed by atoms with Crippen LogP contribution in [0.5, 0.6) is 0 Å². The molecule has 0 fully saturated rings. The highest BCUT2D eigenvalue weighted by Crippen LogP contribution is 2.09. The minimum atomic E-state index is -0.414. The molecule has 0 amide bonds. The minimum Gasteiger partial charge on any atom is -0.462 e. The summed E-state index contributed by atoms with van der Waals surface area (Å²) in [6.07, 6.45) is 1.44. The number of aliphatic hydroxyl groups excluding tert-OH is 1. The van der Waals surface area contributed by atoms with Crippen molar-refractivity contribution in [2.45, 2.75) is 19.8 Å². The summed E-state index contributed by atoms with van der Waals surface area (Å²) < 4.78 is 5.11. The third-order valence-electron chi connectivity index (χ3n) is 2.69. The number of nitrogens with zero attached hydrogens (tertiary/aromatic N) is 1. The Morgan fingerprint density at radius 3 is 2.94 bits per heavy atom. The number of rotatable bonds is 6. The van der Waals surface area contributed by atoms with Crippen LogP contribution in [0.1, 0.15) is 35.7 Å². The Kier molecular flexibility index (Phi) is 5.89. The summed E-state index contributed by atoms with van der Waals surface area (Å²) in [5.41, 5.74) is 0.835. The molecule has 0 spiro atoms. The van der Waals surface area contributed by atoms with E-state index in [9.17, 15) is 4.79 Å². The number of nitriles is 1. The summed E-state index contributed by atoms with van der Waals surface area (Å²) >= 11 is 0. The molecule has 96 valence electrons. The smallest absolute Gasteiger partial charge is 0.338 e. The molecular weight excluding hydrogens is 230 g/mol. The molecule has 0 radical (unpaired) electrons. The average molecular weight is 247 g/mol. The second-order valence-corrected chi connectivity index (χ2v) is 4.23. The molecule has 1 N–H and O–H groups in total. The summed E-state index contributed by atoms with van der Waals surface area (Å²) in [6.45, 7) is 2.48. The van der Waals surface area contributed by atoms with Gasteiger partial charge in [-0.15, -0.1) is 0 Å². The van der Waals surface area contributed by atoms with E-state index < -0.39 is 5.97 Å². The Bertz CT molecular complexity index is 437. The number of carbonyl (C=O) groups is 1. The molecule has 4 nitrogen and oxygen atoms in total. The van der Waals surface area contributed by atoms with Crippen LogP contribution in [0.25, 0.3) is 0 Å². The van der Waals surface area contributed by atoms with Crippen molar-refractivity contribution in [1.82, 2.24) is 0 Å². The zero-order valence-electron chi connectivity index (χ0n) is 10.4. The molecule has 0 aromatic heterocycles. The lowest BCUT2D eigenvalue weighted by molar-refractivity contribution is 0.0481. The zero-order chi connectivity index (χ0) is 13.4. The van der Waals surface area contributed by atoms with Crippen molar-refractivity contribution < 1.29 is 14.6 Å². The van der Waals surface area contributed by atoms with Crippen molar-refractivity contribution in [3.8, 4) is 6.07 Å². The molecule has 1 atom stereocenters. The Morgan fingerprint density at radius 1 is 1.50 bits per heavy atom. The van der Waals surface area contributed by atoms with Crippen LogP contribution in [0.4, 0.5) is 0 Å².